The van der Waals surface area contributed by atoms with Crippen molar-refractivity contribution >= 4 is 12.1 Å². The van der Waals surface area contributed by atoms with Gasteiger partial charge in [0.15, 0.2) is 0 Å². The van der Waals surface area contributed by atoms with Crippen molar-refractivity contribution in [3.63, 3.8) is 0 Å². The smallest absolute Gasteiger partial charge is 0.434 e. The maximum absolute atomic E-state index is 11.7. The molecule has 1 saturated heterocycles. The number of benzene rings is 1. The Kier molecular flexibility index (Phi) is 4.35. The Hall–Kier alpha value is -2.08. The number of nitrogens with zero attached hydrogens (tertiary/aromatic N) is 1. The first-order valence-corrected chi connectivity index (χ1v) is 6.02. The van der Waals surface area contributed by atoms with Gasteiger partial charge in [-0.25, -0.2) is 4.79 Å². The van der Waals surface area contributed by atoms with E-state index in [2.05, 4.69) is 0 Å². The van der Waals surface area contributed by atoms with E-state index in [1.54, 1.807) is 0 Å². The van der Waals surface area contributed by atoms with Crippen molar-refractivity contribution in [1.82, 2.24) is 5.06 Å². The van der Waals surface area contributed by atoms with Crippen molar-refractivity contribution in [3.05, 3.63) is 35.9 Å². The van der Waals surface area contributed by atoms with Gasteiger partial charge in [-0.05, 0) is 12.0 Å². The summed E-state index contributed by atoms with van der Waals surface area (Å²) in [5, 5.41) is 9.72. The summed E-state index contributed by atoms with van der Waals surface area (Å²) in [5.74, 6) is -0.940. The maximum Gasteiger partial charge on any atom is 0.434 e. The molecule has 19 heavy (non-hydrogen) atoms. The number of rotatable bonds is 4. The number of ether oxygens (including phenoxy) is 1. The summed E-state index contributed by atoms with van der Waals surface area (Å²) >= 11 is 0. The third-order valence-electron chi connectivity index (χ3n) is 2.74. The Labute approximate surface area is 110 Å². The van der Waals surface area contributed by atoms with E-state index in [1.807, 2.05) is 30.3 Å². The summed E-state index contributed by atoms with van der Waals surface area (Å²) < 4.78 is 5.08. The fourth-order valence-corrected chi connectivity index (χ4v) is 1.81. The van der Waals surface area contributed by atoms with Crippen LogP contribution in [0.4, 0.5) is 4.79 Å². The molecule has 1 heterocycles. The van der Waals surface area contributed by atoms with Gasteiger partial charge in [-0.1, -0.05) is 30.3 Å². The molecule has 0 aliphatic carbocycles. The number of carboxylic acids is 1. The zero-order chi connectivity index (χ0) is 13.7. The van der Waals surface area contributed by atoms with Gasteiger partial charge in [-0.15, -0.1) is 0 Å². The van der Waals surface area contributed by atoms with Crippen LogP contribution in [0, 0.1) is 0 Å². The standard InChI is InChI=1S/C13H15NO5/c15-12(16)8-11-6-7-14(19-11)13(17)18-9-10-4-2-1-3-5-10/h1-5,11H,6-9H2,(H,15,16). The van der Waals surface area contributed by atoms with Crippen molar-refractivity contribution in [3.8, 4) is 0 Å². The number of hydrogen-bond acceptors (Lipinski definition) is 4. The largest absolute Gasteiger partial charge is 0.481 e. The van der Waals surface area contributed by atoms with E-state index in [4.69, 9.17) is 14.7 Å². The third kappa shape index (κ3) is 3.96. The summed E-state index contributed by atoms with van der Waals surface area (Å²) in [7, 11) is 0. The molecule has 1 amide bonds. The topological polar surface area (TPSA) is 76.1 Å². The van der Waals surface area contributed by atoms with E-state index in [0.717, 1.165) is 10.6 Å². The lowest BCUT2D eigenvalue weighted by molar-refractivity contribution is -0.151. The van der Waals surface area contributed by atoms with Crippen molar-refractivity contribution in [2.45, 2.75) is 25.6 Å². The molecule has 1 atom stereocenters. The molecule has 0 bridgehead atoms. The molecule has 1 aliphatic heterocycles. The molecule has 1 aliphatic rings. The first-order chi connectivity index (χ1) is 9.15. The Morgan fingerprint density at radius 1 is 1.37 bits per heavy atom. The zero-order valence-corrected chi connectivity index (χ0v) is 10.3. The highest BCUT2D eigenvalue weighted by Crippen LogP contribution is 2.17. The van der Waals surface area contributed by atoms with Gasteiger partial charge in [0.05, 0.1) is 19.1 Å². The maximum atomic E-state index is 11.7. The van der Waals surface area contributed by atoms with Crippen molar-refractivity contribution in [2.75, 3.05) is 6.54 Å². The Morgan fingerprint density at radius 2 is 2.11 bits per heavy atom. The first-order valence-electron chi connectivity index (χ1n) is 6.02. The Balaban J connectivity index is 1.77. The van der Waals surface area contributed by atoms with Gasteiger partial charge in [0.2, 0.25) is 0 Å². The second-order valence-corrected chi connectivity index (χ2v) is 4.26. The molecule has 0 spiro atoms. The molecule has 1 aromatic rings. The predicted octanol–water partition coefficient (Wildman–Crippen LogP) is 1.80. The van der Waals surface area contributed by atoms with Crippen LogP contribution < -0.4 is 0 Å². The van der Waals surface area contributed by atoms with Crippen LogP contribution in [0.25, 0.3) is 0 Å². The summed E-state index contributed by atoms with van der Waals surface area (Å²) in [6, 6.07) is 9.30. The van der Waals surface area contributed by atoms with E-state index in [0.29, 0.717) is 13.0 Å². The minimum atomic E-state index is -0.940. The lowest BCUT2D eigenvalue weighted by Gasteiger charge is -2.15. The van der Waals surface area contributed by atoms with Gasteiger partial charge in [0, 0.05) is 0 Å². The predicted molar refractivity (Wildman–Crippen MR) is 65.1 cm³/mol. The summed E-state index contributed by atoms with van der Waals surface area (Å²) in [6.45, 7) is 0.523. The Bertz CT molecular complexity index is 448. The van der Waals surface area contributed by atoms with Crippen molar-refractivity contribution < 1.29 is 24.3 Å². The quantitative estimate of drug-likeness (QED) is 0.898. The second kappa shape index (κ2) is 6.19. The highest BCUT2D eigenvalue weighted by atomic mass is 16.7. The second-order valence-electron chi connectivity index (χ2n) is 4.26. The Morgan fingerprint density at radius 3 is 2.79 bits per heavy atom. The molecule has 0 radical (unpaired) electrons. The van der Waals surface area contributed by atoms with E-state index >= 15 is 0 Å². The highest BCUT2D eigenvalue weighted by Gasteiger charge is 2.30. The molecule has 1 unspecified atom stereocenters. The van der Waals surface area contributed by atoms with E-state index in [1.165, 1.54) is 0 Å². The number of carbonyl (C=O) groups excluding carboxylic acids is 1. The molecule has 0 saturated carbocycles. The number of carbonyl (C=O) groups is 2. The van der Waals surface area contributed by atoms with Gasteiger partial charge >= 0.3 is 12.1 Å². The molecular weight excluding hydrogens is 250 g/mol. The van der Waals surface area contributed by atoms with Crippen molar-refractivity contribution in [1.29, 1.82) is 0 Å². The van der Waals surface area contributed by atoms with Crippen LogP contribution in [0.15, 0.2) is 30.3 Å². The molecule has 1 fully saturated rings. The molecule has 1 N–H and O–H groups in total. The first kappa shape index (κ1) is 13.4. The highest BCUT2D eigenvalue weighted by molar-refractivity contribution is 5.68. The van der Waals surface area contributed by atoms with Gasteiger partial charge in [-0.3, -0.25) is 9.63 Å². The summed E-state index contributed by atoms with van der Waals surface area (Å²) in [6.07, 6.45) is -0.645. The van der Waals surface area contributed by atoms with E-state index in [-0.39, 0.29) is 13.0 Å². The molecular formula is C13H15NO5. The molecule has 102 valence electrons. The van der Waals surface area contributed by atoms with Crippen LogP contribution >= 0.6 is 0 Å². The molecule has 1 aromatic carbocycles. The lowest BCUT2D eigenvalue weighted by Crippen LogP contribution is -2.28. The monoisotopic (exact) mass is 265 g/mol. The van der Waals surface area contributed by atoms with Crippen LogP contribution in [0.3, 0.4) is 0 Å². The fourth-order valence-electron chi connectivity index (χ4n) is 1.81. The van der Waals surface area contributed by atoms with Gasteiger partial charge in [0.25, 0.3) is 0 Å². The minimum absolute atomic E-state index is 0.109. The van der Waals surface area contributed by atoms with Crippen LogP contribution in [0.1, 0.15) is 18.4 Å². The molecule has 6 nitrogen and oxygen atoms in total. The van der Waals surface area contributed by atoms with Crippen LogP contribution in [-0.2, 0) is 21.0 Å². The molecule has 6 heteroatoms. The number of hydroxylamine groups is 2. The fraction of sp³-hybridized carbons (Fsp3) is 0.385. The third-order valence-corrected chi connectivity index (χ3v) is 2.74. The van der Waals surface area contributed by atoms with Gasteiger partial charge < -0.3 is 9.84 Å². The van der Waals surface area contributed by atoms with Crippen LogP contribution in [0.2, 0.25) is 0 Å². The van der Waals surface area contributed by atoms with Crippen molar-refractivity contribution in [2.24, 2.45) is 0 Å². The molecule has 0 aromatic heterocycles. The number of aliphatic carboxylic acids is 1. The number of carboxylic acid groups (broad SMARTS) is 1. The number of amides is 1. The average Bonchev–Trinajstić information content (AvgIpc) is 2.85. The van der Waals surface area contributed by atoms with E-state index < -0.39 is 18.2 Å². The zero-order valence-electron chi connectivity index (χ0n) is 10.3. The average molecular weight is 265 g/mol. The molecule has 2 rings (SSSR count). The normalized spacial score (nSPS) is 18.3. The summed E-state index contributed by atoms with van der Waals surface area (Å²) in [5.41, 5.74) is 0.886. The minimum Gasteiger partial charge on any atom is -0.481 e. The van der Waals surface area contributed by atoms with Gasteiger partial charge in [0.1, 0.15) is 6.61 Å². The van der Waals surface area contributed by atoms with Gasteiger partial charge in [-0.2, -0.15) is 5.06 Å². The lowest BCUT2D eigenvalue weighted by atomic mass is 10.2. The SMILES string of the molecule is O=C(O)CC1CCN(C(=O)OCc2ccccc2)O1. The van der Waals surface area contributed by atoms with Crippen LogP contribution in [0.5, 0.6) is 0 Å². The number of hydrogen-bond donors (Lipinski definition) is 1. The van der Waals surface area contributed by atoms with Crippen LogP contribution in [-0.4, -0.2) is 34.9 Å². The van der Waals surface area contributed by atoms with E-state index in [9.17, 15) is 9.59 Å². The summed E-state index contributed by atoms with van der Waals surface area (Å²) in [4.78, 5) is 27.4.